The second-order valence-electron chi connectivity index (χ2n) is 6.67. The number of amides is 1. The quantitative estimate of drug-likeness (QED) is 0.910. The van der Waals surface area contributed by atoms with Crippen molar-refractivity contribution < 1.29 is 13.2 Å². The minimum absolute atomic E-state index is 0.0830. The summed E-state index contributed by atoms with van der Waals surface area (Å²) in [4.78, 5) is 14.6. The van der Waals surface area contributed by atoms with Crippen LogP contribution >= 0.6 is 0 Å². The Bertz CT molecular complexity index is 883. The van der Waals surface area contributed by atoms with Gasteiger partial charge in [0.1, 0.15) is 10.6 Å². The number of sulfonamides is 1. The van der Waals surface area contributed by atoms with Gasteiger partial charge in [0, 0.05) is 31.0 Å². The summed E-state index contributed by atoms with van der Waals surface area (Å²) in [7, 11) is -3.73. The van der Waals surface area contributed by atoms with Gasteiger partial charge in [0.25, 0.3) is 15.9 Å². The van der Waals surface area contributed by atoms with Crippen molar-refractivity contribution in [1.82, 2.24) is 9.47 Å². The number of nitrogens with zero attached hydrogens (tertiary/aromatic N) is 2. The second-order valence-corrected chi connectivity index (χ2v) is 8.35. The highest BCUT2D eigenvalue weighted by atomic mass is 32.2. The maximum atomic E-state index is 12.7. The molecular weight excluding hydrogens is 338 g/mol. The van der Waals surface area contributed by atoms with E-state index in [0.717, 1.165) is 12.0 Å². The van der Waals surface area contributed by atoms with Crippen LogP contribution in [0, 0.1) is 6.92 Å². The van der Waals surface area contributed by atoms with Gasteiger partial charge >= 0.3 is 0 Å². The van der Waals surface area contributed by atoms with Crippen LogP contribution in [0.3, 0.4) is 0 Å². The molecule has 1 aliphatic heterocycles. The summed E-state index contributed by atoms with van der Waals surface area (Å²) in [6.07, 6.45) is 2.35. The van der Waals surface area contributed by atoms with Crippen LogP contribution in [0.4, 0.5) is 5.69 Å². The lowest BCUT2D eigenvalue weighted by atomic mass is 10.2. The third-order valence-electron chi connectivity index (χ3n) is 4.39. The van der Waals surface area contributed by atoms with Crippen molar-refractivity contribution in [2.75, 3.05) is 11.3 Å². The van der Waals surface area contributed by atoms with Gasteiger partial charge in [0.05, 0.1) is 0 Å². The number of hydrogen-bond acceptors (Lipinski definition) is 3. The summed E-state index contributed by atoms with van der Waals surface area (Å²) < 4.78 is 29.6. The summed E-state index contributed by atoms with van der Waals surface area (Å²) in [5, 5.41) is 0. The van der Waals surface area contributed by atoms with Crippen molar-refractivity contribution in [2.45, 2.75) is 44.7 Å². The maximum Gasteiger partial charge on any atom is 0.270 e. The van der Waals surface area contributed by atoms with E-state index in [-0.39, 0.29) is 16.8 Å². The predicted octanol–water partition coefficient (Wildman–Crippen LogP) is 2.85. The van der Waals surface area contributed by atoms with Crippen molar-refractivity contribution in [3.8, 4) is 0 Å². The van der Waals surface area contributed by atoms with E-state index < -0.39 is 10.0 Å². The molecule has 1 N–H and O–H groups in total. The number of carbonyl (C=O) groups excluding carboxylic acids is 1. The van der Waals surface area contributed by atoms with Gasteiger partial charge in [-0.15, -0.1) is 0 Å². The van der Waals surface area contributed by atoms with Gasteiger partial charge in [-0.05, 0) is 45.4 Å². The standard InChI is InChI=1S/C18H23N3O3S/c1-13(2)21-10-4-9-20-12-16(11-17(20)18(21)22)25(23,24)19-15-7-5-14(3)6-8-15/h5-8,11-13,19H,4,9-10H2,1-3H3. The molecule has 0 radical (unpaired) electrons. The molecule has 6 nitrogen and oxygen atoms in total. The first-order valence-corrected chi connectivity index (χ1v) is 9.87. The predicted molar refractivity (Wildman–Crippen MR) is 97.2 cm³/mol. The van der Waals surface area contributed by atoms with Crippen LogP contribution in [0.15, 0.2) is 41.4 Å². The van der Waals surface area contributed by atoms with Crippen LogP contribution in [0.2, 0.25) is 0 Å². The van der Waals surface area contributed by atoms with Crippen LogP contribution in [-0.4, -0.2) is 36.4 Å². The van der Waals surface area contributed by atoms with E-state index >= 15 is 0 Å². The molecule has 3 rings (SSSR count). The minimum atomic E-state index is -3.73. The number of nitrogens with one attached hydrogen (secondary N) is 1. The van der Waals surface area contributed by atoms with E-state index in [1.54, 1.807) is 27.8 Å². The van der Waals surface area contributed by atoms with Crippen molar-refractivity contribution in [3.63, 3.8) is 0 Å². The van der Waals surface area contributed by atoms with Gasteiger partial charge in [-0.3, -0.25) is 9.52 Å². The first-order valence-electron chi connectivity index (χ1n) is 8.38. The molecule has 0 saturated carbocycles. The number of fused-ring (bicyclic) bond motifs is 1. The lowest BCUT2D eigenvalue weighted by Crippen LogP contribution is -2.36. The van der Waals surface area contributed by atoms with E-state index in [0.29, 0.717) is 24.5 Å². The Labute approximate surface area is 148 Å². The van der Waals surface area contributed by atoms with Crippen LogP contribution in [0.5, 0.6) is 0 Å². The molecule has 0 aliphatic carbocycles. The zero-order valence-electron chi connectivity index (χ0n) is 14.7. The van der Waals surface area contributed by atoms with Gasteiger partial charge in [-0.25, -0.2) is 8.42 Å². The molecule has 2 aromatic rings. The molecule has 134 valence electrons. The summed E-state index contributed by atoms with van der Waals surface area (Å²) in [5.74, 6) is -0.121. The number of benzene rings is 1. The monoisotopic (exact) mass is 361 g/mol. The number of carbonyl (C=O) groups is 1. The Balaban J connectivity index is 1.91. The Kier molecular flexibility index (Phi) is 4.60. The van der Waals surface area contributed by atoms with Crippen LogP contribution < -0.4 is 4.72 Å². The van der Waals surface area contributed by atoms with Crippen LogP contribution in [0.1, 0.15) is 36.3 Å². The summed E-state index contributed by atoms with van der Waals surface area (Å²) >= 11 is 0. The van der Waals surface area contributed by atoms with Crippen molar-refractivity contribution in [2.24, 2.45) is 0 Å². The lowest BCUT2D eigenvalue weighted by molar-refractivity contribution is 0.0709. The smallest absolute Gasteiger partial charge is 0.270 e. The van der Waals surface area contributed by atoms with Gasteiger partial charge in [0.15, 0.2) is 0 Å². The number of rotatable bonds is 4. The van der Waals surface area contributed by atoms with Crippen LogP contribution in [-0.2, 0) is 16.6 Å². The second kappa shape index (κ2) is 6.55. The molecule has 0 unspecified atom stereocenters. The summed E-state index contributed by atoms with van der Waals surface area (Å²) in [6, 6.07) is 8.69. The molecular formula is C18H23N3O3S. The number of anilines is 1. The normalized spacial score (nSPS) is 15.2. The number of hydrogen-bond donors (Lipinski definition) is 1. The average molecular weight is 361 g/mol. The number of aryl methyl sites for hydroxylation is 2. The Hall–Kier alpha value is -2.28. The van der Waals surface area contributed by atoms with E-state index in [1.807, 2.05) is 32.9 Å². The third-order valence-corrected chi connectivity index (χ3v) is 5.74. The molecule has 25 heavy (non-hydrogen) atoms. The highest BCUT2D eigenvalue weighted by molar-refractivity contribution is 7.92. The average Bonchev–Trinajstić information content (AvgIpc) is 2.91. The van der Waals surface area contributed by atoms with E-state index in [1.165, 1.54) is 6.07 Å². The third kappa shape index (κ3) is 3.56. The molecule has 2 heterocycles. The van der Waals surface area contributed by atoms with Crippen molar-refractivity contribution in [1.29, 1.82) is 0 Å². The molecule has 1 aromatic heterocycles. The van der Waals surface area contributed by atoms with Crippen molar-refractivity contribution in [3.05, 3.63) is 47.8 Å². The van der Waals surface area contributed by atoms with E-state index in [2.05, 4.69) is 4.72 Å². The zero-order chi connectivity index (χ0) is 18.2. The zero-order valence-corrected chi connectivity index (χ0v) is 15.5. The summed E-state index contributed by atoms with van der Waals surface area (Å²) in [5.41, 5.74) is 1.98. The molecule has 1 aromatic carbocycles. The topological polar surface area (TPSA) is 71.4 Å². The fourth-order valence-corrected chi connectivity index (χ4v) is 4.08. The highest BCUT2D eigenvalue weighted by Crippen LogP contribution is 2.23. The maximum absolute atomic E-state index is 12.7. The Morgan fingerprint density at radius 2 is 1.80 bits per heavy atom. The Morgan fingerprint density at radius 3 is 2.44 bits per heavy atom. The summed E-state index contributed by atoms with van der Waals surface area (Å²) in [6.45, 7) is 7.18. The SMILES string of the molecule is Cc1ccc(NS(=O)(=O)c2cc3n(c2)CCCN(C(C)C)C3=O)cc1. The minimum Gasteiger partial charge on any atom is -0.342 e. The van der Waals surface area contributed by atoms with Gasteiger partial charge in [-0.1, -0.05) is 17.7 Å². The lowest BCUT2D eigenvalue weighted by Gasteiger charge is -2.24. The molecule has 0 bridgehead atoms. The largest absolute Gasteiger partial charge is 0.342 e. The Morgan fingerprint density at radius 1 is 1.12 bits per heavy atom. The fourth-order valence-electron chi connectivity index (χ4n) is 2.98. The van der Waals surface area contributed by atoms with Gasteiger partial charge in [0.2, 0.25) is 0 Å². The molecule has 1 aliphatic rings. The van der Waals surface area contributed by atoms with Crippen LogP contribution in [0.25, 0.3) is 0 Å². The van der Waals surface area contributed by atoms with E-state index in [4.69, 9.17) is 0 Å². The molecule has 0 atom stereocenters. The van der Waals surface area contributed by atoms with E-state index in [9.17, 15) is 13.2 Å². The first-order chi connectivity index (χ1) is 11.8. The fraction of sp³-hybridized carbons (Fsp3) is 0.389. The molecule has 0 saturated heterocycles. The molecule has 1 amide bonds. The highest BCUT2D eigenvalue weighted by Gasteiger charge is 2.28. The number of aromatic nitrogens is 1. The molecule has 0 fully saturated rings. The molecule has 7 heteroatoms. The van der Waals surface area contributed by atoms with Crippen molar-refractivity contribution >= 4 is 21.6 Å². The van der Waals surface area contributed by atoms with Gasteiger partial charge in [-0.2, -0.15) is 0 Å². The van der Waals surface area contributed by atoms with Gasteiger partial charge < -0.3 is 9.47 Å². The first kappa shape index (κ1) is 17.5. The molecule has 0 spiro atoms.